The Labute approximate surface area is 172 Å². The normalized spacial score (nSPS) is 12.0. The lowest BCUT2D eigenvalue weighted by molar-refractivity contribution is 0.143. The number of nitrogens with zero attached hydrogens (tertiary/aromatic N) is 2. The molecule has 2 N–H and O–H groups in total. The molecule has 1 aromatic carbocycles. The van der Waals surface area contributed by atoms with Gasteiger partial charge in [-0.1, -0.05) is 32.0 Å². The first-order valence-electron chi connectivity index (χ1n) is 9.79. The van der Waals surface area contributed by atoms with Gasteiger partial charge in [0.15, 0.2) is 5.96 Å². The van der Waals surface area contributed by atoms with E-state index >= 15 is 0 Å². The SMILES string of the molecule is CCNC(=NCc1ccc(OCCOC)nc1)NCC(C)(C)c1cccc(F)c1. The Kier molecular flexibility index (Phi) is 8.86. The predicted molar refractivity (Wildman–Crippen MR) is 114 cm³/mol. The average Bonchev–Trinajstić information content (AvgIpc) is 2.71. The van der Waals surface area contributed by atoms with E-state index in [-0.39, 0.29) is 11.2 Å². The highest BCUT2D eigenvalue weighted by molar-refractivity contribution is 5.79. The van der Waals surface area contributed by atoms with Crippen LogP contribution in [0, 0.1) is 5.82 Å². The van der Waals surface area contributed by atoms with Crippen LogP contribution in [0.5, 0.6) is 5.88 Å². The number of rotatable bonds is 10. The number of benzene rings is 1. The Morgan fingerprint density at radius 2 is 2.00 bits per heavy atom. The lowest BCUT2D eigenvalue weighted by Gasteiger charge is -2.27. The van der Waals surface area contributed by atoms with Gasteiger partial charge in [0.05, 0.1) is 13.2 Å². The standard InChI is InChI=1S/C22H31FN4O2/c1-5-24-21(27-16-22(2,3)18-7-6-8-19(23)13-18)26-15-17-9-10-20(25-14-17)29-12-11-28-4/h6-10,13-14H,5,11-12,15-16H2,1-4H3,(H2,24,26,27). The molecule has 0 spiro atoms. The second kappa shape index (κ2) is 11.4. The summed E-state index contributed by atoms with van der Waals surface area (Å²) in [5, 5.41) is 6.59. The third kappa shape index (κ3) is 7.69. The van der Waals surface area contributed by atoms with Crippen LogP contribution in [0.25, 0.3) is 0 Å². The van der Waals surface area contributed by atoms with Crippen LogP contribution in [0.15, 0.2) is 47.6 Å². The van der Waals surface area contributed by atoms with Crippen molar-refractivity contribution < 1.29 is 13.9 Å². The van der Waals surface area contributed by atoms with E-state index in [9.17, 15) is 4.39 Å². The number of halogens is 1. The van der Waals surface area contributed by atoms with Crippen molar-refractivity contribution in [3.63, 3.8) is 0 Å². The minimum Gasteiger partial charge on any atom is -0.475 e. The Morgan fingerprint density at radius 1 is 1.17 bits per heavy atom. The Balaban J connectivity index is 1.95. The van der Waals surface area contributed by atoms with Crippen molar-refractivity contribution in [3.05, 3.63) is 59.5 Å². The maximum absolute atomic E-state index is 13.6. The largest absolute Gasteiger partial charge is 0.475 e. The van der Waals surface area contributed by atoms with Crippen LogP contribution in [0.1, 0.15) is 31.9 Å². The fourth-order valence-electron chi connectivity index (χ4n) is 2.65. The van der Waals surface area contributed by atoms with E-state index in [1.54, 1.807) is 25.4 Å². The highest BCUT2D eigenvalue weighted by Gasteiger charge is 2.21. The fraction of sp³-hybridized carbons (Fsp3) is 0.455. The number of nitrogens with one attached hydrogen (secondary N) is 2. The highest BCUT2D eigenvalue weighted by Crippen LogP contribution is 2.22. The molecule has 0 aliphatic rings. The van der Waals surface area contributed by atoms with E-state index in [0.29, 0.717) is 38.1 Å². The third-order valence-corrected chi connectivity index (χ3v) is 4.40. The summed E-state index contributed by atoms with van der Waals surface area (Å²) in [5.74, 6) is 1.05. The summed E-state index contributed by atoms with van der Waals surface area (Å²) in [6.07, 6.45) is 1.76. The van der Waals surface area contributed by atoms with Crippen LogP contribution in [0.2, 0.25) is 0 Å². The third-order valence-electron chi connectivity index (χ3n) is 4.40. The van der Waals surface area contributed by atoms with E-state index in [2.05, 4.69) is 34.5 Å². The topological polar surface area (TPSA) is 67.8 Å². The number of ether oxygens (including phenoxy) is 2. The lowest BCUT2D eigenvalue weighted by Crippen LogP contribution is -2.43. The molecule has 6 nitrogen and oxygen atoms in total. The molecule has 0 unspecified atom stereocenters. The molecule has 0 bridgehead atoms. The molecule has 2 rings (SSSR count). The summed E-state index contributed by atoms with van der Waals surface area (Å²) < 4.78 is 24.0. The molecule has 0 radical (unpaired) electrons. The summed E-state index contributed by atoms with van der Waals surface area (Å²) in [6, 6.07) is 10.5. The summed E-state index contributed by atoms with van der Waals surface area (Å²) >= 11 is 0. The molecular formula is C22H31FN4O2. The summed E-state index contributed by atoms with van der Waals surface area (Å²) in [4.78, 5) is 8.91. The molecular weight excluding hydrogens is 371 g/mol. The van der Waals surface area contributed by atoms with E-state index in [4.69, 9.17) is 9.47 Å². The van der Waals surface area contributed by atoms with Gasteiger partial charge in [-0.2, -0.15) is 0 Å². The van der Waals surface area contributed by atoms with Gasteiger partial charge in [-0.15, -0.1) is 0 Å². The number of hydrogen-bond donors (Lipinski definition) is 2. The summed E-state index contributed by atoms with van der Waals surface area (Å²) in [7, 11) is 1.63. The molecule has 0 aliphatic heterocycles. The summed E-state index contributed by atoms with van der Waals surface area (Å²) in [5.41, 5.74) is 1.67. The van der Waals surface area contributed by atoms with Crippen LogP contribution < -0.4 is 15.4 Å². The Bertz CT molecular complexity index is 779. The van der Waals surface area contributed by atoms with Crippen LogP contribution in [-0.4, -0.2) is 44.4 Å². The average molecular weight is 403 g/mol. The first-order chi connectivity index (χ1) is 13.9. The molecule has 0 saturated carbocycles. The molecule has 1 heterocycles. The van der Waals surface area contributed by atoms with E-state index in [0.717, 1.165) is 17.7 Å². The quantitative estimate of drug-likeness (QED) is 0.363. The zero-order chi connectivity index (χ0) is 21.1. The molecule has 2 aromatic rings. The molecule has 0 atom stereocenters. The van der Waals surface area contributed by atoms with Crippen LogP contribution in [0.3, 0.4) is 0 Å². The number of pyridine rings is 1. The maximum Gasteiger partial charge on any atom is 0.213 e. The lowest BCUT2D eigenvalue weighted by atomic mass is 9.84. The second-order valence-electron chi connectivity index (χ2n) is 7.29. The van der Waals surface area contributed by atoms with Gasteiger partial charge in [0.1, 0.15) is 12.4 Å². The molecule has 0 saturated heterocycles. The second-order valence-corrected chi connectivity index (χ2v) is 7.29. The van der Waals surface area contributed by atoms with E-state index in [1.165, 1.54) is 6.07 Å². The van der Waals surface area contributed by atoms with Gasteiger partial charge in [0, 0.05) is 37.9 Å². The minimum absolute atomic E-state index is 0.224. The summed E-state index contributed by atoms with van der Waals surface area (Å²) in [6.45, 7) is 9.01. The number of aliphatic imine (C=N–C) groups is 1. The van der Waals surface area contributed by atoms with Crippen molar-refractivity contribution in [2.45, 2.75) is 32.7 Å². The van der Waals surface area contributed by atoms with Crippen molar-refractivity contribution in [2.24, 2.45) is 4.99 Å². The van der Waals surface area contributed by atoms with Gasteiger partial charge in [0.2, 0.25) is 5.88 Å². The highest BCUT2D eigenvalue weighted by atomic mass is 19.1. The van der Waals surface area contributed by atoms with Crippen molar-refractivity contribution >= 4 is 5.96 Å². The van der Waals surface area contributed by atoms with Gasteiger partial charge in [0.25, 0.3) is 0 Å². The van der Waals surface area contributed by atoms with Crippen LogP contribution in [0.4, 0.5) is 4.39 Å². The maximum atomic E-state index is 13.6. The van der Waals surface area contributed by atoms with Crippen LogP contribution >= 0.6 is 0 Å². The molecule has 0 aliphatic carbocycles. The monoisotopic (exact) mass is 402 g/mol. The zero-order valence-electron chi connectivity index (χ0n) is 17.7. The number of hydrogen-bond acceptors (Lipinski definition) is 4. The first-order valence-corrected chi connectivity index (χ1v) is 9.79. The molecule has 0 amide bonds. The molecule has 158 valence electrons. The number of guanidine groups is 1. The molecule has 29 heavy (non-hydrogen) atoms. The molecule has 1 aromatic heterocycles. The van der Waals surface area contributed by atoms with Gasteiger partial charge in [-0.05, 0) is 30.2 Å². The fourth-order valence-corrected chi connectivity index (χ4v) is 2.65. The van der Waals surface area contributed by atoms with Crippen molar-refractivity contribution in [2.75, 3.05) is 33.4 Å². The molecule has 0 fully saturated rings. The smallest absolute Gasteiger partial charge is 0.213 e. The van der Waals surface area contributed by atoms with E-state index in [1.807, 2.05) is 25.1 Å². The number of methoxy groups -OCH3 is 1. The number of aromatic nitrogens is 1. The Hall–Kier alpha value is -2.67. The van der Waals surface area contributed by atoms with Gasteiger partial charge in [-0.25, -0.2) is 14.4 Å². The van der Waals surface area contributed by atoms with Crippen molar-refractivity contribution in [1.82, 2.24) is 15.6 Å². The van der Waals surface area contributed by atoms with Crippen LogP contribution in [-0.2, 0) is 16.7 Å². The van der Waals surface area contributed by atoms with Gasteiger partial charge in [-0.3, -0.25) is 0 Å². The van der Waals surface area contributed by atoms with E-state index < -0.39 is 0 Å². The molecule has 7 heteroatoms. The van der Waals surface area contributed by atoms with Gasteiger partial charge < -0.3 is 20.1 Å². The Morgan fingerprint density at radius 3 is 2.66 bits per heavy atom. The predicted octanol–water partition coefficient (Wildman–Crippen LogP) is 3.28. The first kappa shape index (κ1) is 22.6. The minimum atomic E-state index is -0.249. The van der Waals surface area contributed by atoms with Crippen molar-refractivity contribution in [1.29, 1.82) is 0 Å². The van der Waals surface area contributed by atoms with Crippen molar-refractivity contribution in [3.8, 4) is 5.88 Å². The zero-order valence-corrected chi connectivity index (χ0v) is 17.7. The van der Waals surface area contributed by atoms with Gasteiger partial charge >= 0.3 is 0 Å².